The third-order valence-electron chi connectivity index (χ3n) is 6.09. The Kier molecular flexibility index (Phi) is 10.2. The van der Waals surface area contributed by atoms with E-state index < -0.39 is 17.9 Å². The van der Waals surface area contributed by atoms with Crippen molar-refractivity contribution < 1.29 is 14.7 Å². The molecule has 0 aliphatic carbocycles. The number of carboxylic acid groups (broad SMARTS) is 1. The van der Waals surface area contributed by atoms with Gasteiger partial charge in [0.1, 0.15) is 6.04 Å². The second-order valence-corrected chi connectivity index (χ2v) is 9.53. The number of aryl methyl sites for hydroxylation is 1. The maximum atomic E-state index is 13.3. The summed E-state index contributed by atoms with van der Waals surface area (Å²) in [6, 6.07) is 20.7. The zero-order valence-electron chi connectivity index (χ0n) is 20.3. The molecule has 4 aromatic rings. The Morgan fingerprint density at radius 1 is 1.00 bits per heavy atom. The van der Waals surface area contributed by atoms with Crippen LogP contribution in [-0.4, -0.2) is 58.9 Å². The Balaban J connectivity index is 0.00000380. The van der Waals surface area contributed by atoms with E-state index in [1.54, 1.807) is 17.8 Å². The van der Waals surface area contributed by atoms with Gasteiger partial charge in [-0.25, -0.2) is 4.79 Å². The Hall–Kier alpha value is -3.30. The number of hydrogen-bond donors (Lipinski definition) is 2. The fourth-order valence-corrected chi connectivity index (χ4v) is 4.62. The molecular weight excluding hydrogens is 475 g/mol. The summed E-state index contributed by atoms with van der Waals surface area (Å²) >= 11 is 1.55. The molecule has 184 valence electrons. The summed E-state index contributed by atoms with van der Waals surface area (Å²) in [5, 5.41) is 14.5. The standard InChI is InChI=1S/C30H28N2O3S.Li.H/c1-20-7-3-5-9-24(20)27-17-21(11-13-23-19-31-18-22-8-4-6-10-25(22)23)12-14-26(27)29(33)32-28(30(34)35)15-16-36-2;;/h3-14,17-19,28H,15-16H2,1-2H3,(H,32,33)(H,34,35);;. The number of pyridine rings is 1. The zero-order valence-corrected chi connectivity index (χ0v) is 21.1. The van der Waals surface area contributed by atoms with Crippen LogP contribution in [0.15, 0.2) is 79.1 Å². The second kappa shape index (κ2) is 13.3. The number of hydrogen-bond acceptors (Lipinski definition) is 4. The van der Waals surface area contributed by atoms with Crippen LogP contribution in [-0.2, 0) is 4.79 Å². The molecule has 0 radical (unpaired) electrons. The normalized spacial score (nSPS) is 11.7. The third-order valence-corrected chi connectivity index (χ3v) is 6.74. The Labute approximate surface area is 233 Å². The van der Waals surface area contributed by atoms with Gasteiger partial charge in [0.25, 0.3) is 5.91 Å². The predicted octanol–water partition coefficient (Wildman–Crippen LogP) is 5.67. The summed E-state index contributed by atoms with van der Waals surface area (Å²) in [5.74, 6) is -0.775. The molecule has 1 amide bonds. The molecule has 37 heavy (non-hydrogen) atoms. The van der Waals surface area contributed by atoms with Gasteiger partial charge in [-0.05, 0) is 65.1 Å². The van der Waals surface area contributed by atoms with Crippen LogP contribution < -0.4 is 5.32 Å². The van der Waals surface area contributed by atoms with Gasteiger partial charge in [0.15, 0.2) is 0 Å². The molecule has 1 unspecified atom stereocenters. The van der Waals surface area contributed by atoms with Gasteiger partial charge in [0, 0.05) is 28.9 Å². The Morgan fingerprint density at radius 3 is 2.51 bits per heavy atom. The molecule has 7 heteroatoms. The van der Waals surface area contributed by atoms with E-state index in [0.717, 1.165) is 38.6 Å². The van der Waals surface area contributed by atoms with Gasteiger partial charge < -0.3 is 10.4 Å². The van der Waals surface area contributed by atoms with Crippen molar-refractivity contribution in [3.63, 3.8) is 0 Å². The quantitative estimate of drug-likeness (QED) is 0.287. The summed E-state index contributed by atoms with van der Waals surface area (Å²) in [6.07, 6.45) is 9.99. The predicted molar refractivity (Wildman–Crippen MR) is 156 cm³/mol. The summed E-state index contributed by atoms with van der Waals surface area (Å²) in [5.41, 5.74) is 5.10. The SMILES string of the molecule is CSCCC(NC(=O)c1ccc(C=Cc2cncc3ccccc23)cc1-c1ccccc1C)C(=O)O.[LiH]. The van der Waals surface area contributed by atoms with Gasteiger partial charge in [0.2, 0.25) is 0 Å². The van der Waals surface area contributed by atoms with E-state index in [1.165, 1.54) is 0 Å². The fraction of sp³-hybridized carbons (Fsp3) is 0.167. The van der Waals surface area contributed by atoms with Crippen LogP contribution in [0.5, 0.6) is 0 Å². The first-order chi connectivity index (χ1) is 17.5. The molecule has 0 saturated carbocycles. The molecule has 0 bridgehead atoms. The van der Waals surface area contributed by atoms with E-state index in [-0.39, 0.29) is 18.9 Å². The molecule has 0 fully saturated rings. The Bertz CT molecular complexity index is 1430. The first-order valence-corrected chi connectivity index (χ1v) is 13.1. The molecule has 1 atom stereocenters. The zero-order chi connectivity index (χ0) is 25.5. The van der Waals surface area contributed by atoms with Crippen molar-refractivity contribution in [1.29, 1.82) is 0 Å². The molecule has 0 aliphatic rings. The molecule has 1 heterocycles. The molecule has 0 aliphatic heterocycles. The number of aromatic nitrogens is 1. The molecular formula is C30H29LiN2O3S. The number of nitrogens with one attached hydrogen (secondary N) is 1. The topological polar surface area (TPSA) is 79.3 Å². The van der Waals surface area contributed by atoms with Crippen molar-refractivity contribution in [3.8, 4) is 11.1 Å². The molecule has 0 spiro atoms. The van der Waals surface area contributed by atoms with Crippen molar-refractivity contribution in [2.24, 2.45) is 0 Å². The van der Waals surface area contributed by atoms with Gasteiger partial charge in [0.05, 0.1) is 0 Å². The number of carbonyl (C=O) groups is 2. The number of amides is 1. The average Bonchev–Trinajstić information content (AvgIpc) is 2.89. The van der Waals surface area contributed by atoms with E-state index in [2.05, 4.69) is 16.4 Å². The molecule has 2 N–H and O–H groups in total. The maximum absolute atomic E-state index is 13.3. The minimum absolute atomic E-state index is 0. The summed E-state index contributed by atoms with van der Waals surface area (Å²) in [4.78, 5) is 29.3. The Morgan fingerprint density at radius 2 is 1.76 bits per heavy atom. The van der Waals surface area contributed by atoms with Gasteiger partial charge in [-0.15, -0.1) is 0 Å². The number of thioether (sulfide) groups is 1. The summed E-state index contributed by atoms with van der Waals surface area (Å²) < 4.78 is 0. The second-order valence-electron chi connectivity index (χ2n) is 8.55. The summed E-state index contributed by atoms with van der Waals surface area (Å²) in [6.45, 7) is 2.00. The van der Waals surface area contributed by atoms with Crippen LogP contribution in [0.2, 0.25) is 0 Å². The molecule has 0 saturated heterocycles. The van der Waals surface area contributed by atoms with Gasteiger partial charge in [-0.1, -0.05) is 66.7 Å². The number of carbonyl (C=O) groups excluding carboxylic acids is 1. The van der Waals surface area contributed by atoms with Crippen molar-refractivity contribution in [2.45, 2.75) is 19.4 Å². The number of nitrogens with zero attached hydrogens (tertiary/aromatic N) is 1. The number of fused-ring (bicyclic) bond motifs is 1. The van der Waals surface area contributed by atoms with Crippen LogP contribution in [0.25, 0.3) is 34.1 Å². The van der Waals surface area contributed by atoms with Crippen molar-refractivity contribution in [3.05, 3.63) is 101 Å². The van der Waals surface area contributed by atoms with Crippen LogP contribution in [0.1, 0.15) is 33.5 Å². The number of benzene rings is 3. The monoisotopic (exact) mass is 504 g/mol. The van der Waals surface area contributed by atoms with Crippen molar-refractivity contribution >= 4 is 65.4 Å². The molecule has 5 nitrogen and oxygen atoms in total. The number of aliphatic carboxylic acids is 1. The van der Waals surface area contributed by atoms with E-state index in [1.807, 2.05) is 92.3 Å². The first kappa shape index (κ1) is 28.3. The van der Waals surface area contributed by atoms with E-state index in [4.69, 9.17) is 0 Å². The average molecular weight is 505 g/mol. The van der Waals surface area contributed by atoms with Crippen LogP contribution in [0, 0.1) is 6.92 Å². The number of carboxylic acids is 1. The number of rotatable bonds is 9. The van der Waals surface area contributed by atoms with Gasteiger partial charge >= 0.3 is 24.8 Å². The fourth-order valence-electron chi connectivity index (χ4n) is 4.15. The molecule has 4 rings (SSSR count). The van der Waals surface area contributed by atoms with Crippen molar-refractivity contribution in [1.82, 2.24) is 10.3 Å². The van der Waals surface area contributed by atoms with E-state index in [0.29, 0.717) is 17.7 Å². The van der Waals surface area contributed by atoms with Gasteiger partial charge in [-0.2, -0.15) is 11.8 Å². The van der Waals surface area contributed by atoms with Crippen LogP contribution >= 0.6 is 11.8 Å². The van der Waals surface area contributed by atoms with Crippen LogP contribution in [0.4, 0.5) is 0 Å². The third kappa shape index (κ3) is 6.93. The minimum atomic E-state index is -1.03. The molecule has 3 aromatic carbocycles. The first-order valence-electron chi connectivity index (χ1n) is 11.7. The summed E-state index contributed by atoms with van der Waals surface area (Å²) in [7, 11) is 0. The van der Waals surface area contributed by atoms with Crippen LogP contribution in [0.3, 0.4) is 0 Å². The van der Waals surface area contributed by atoms with Crippen molar-refractivity contribution in [2.75, 3.05) is 12.0 Å². The van der Waals surface area contributed by atoms with E-state index >= 15 is 0 Å². The molecule has 1 aromatic heterocycles. The van der Waals surface area contributed by atoms with E-state index in [9.17, 15) is 14.7 Å². The van der Waals surface area contributed by atoms with Gasteiger partial charge in [-0.3, -0.25) is 9.78 Å².